The lowest BCUT2D eigenvalue weighted by molar-refractivity contribution is -0.116. The fourth-order valence-corrected chi connectivity index (χ4v) is 4.24. The van der Waals surface area contributed by atoms with Crippen molar-refractivity contribution >= 4 is 38.6 Å². The number of fused-ring (bicyclic) bond motifs is 1. The summed E-state index contributed by atoms with van der Waals surface area (Å²) in [5, 5.41) is 9.25. The number of urea groups is 1. The Labute approximate surface area is 169 Å². The van der Waals surface area contributed by atoms with Crippen molar-refractivity contribution in [2.75, 3.05) is 18.5 Å². The molecule has 0 spiro atoms. The van der Waals surface area contributed by atoms with E-state index >= 15 is 0 Å². The van der Waals surface area contributed by atoms with Gasteiger partial charge in [-0.15, -0.1) is 0 Å². The van der Waals surface area contributed by atoms with E-state index < -0.39 is 0 Å². The van der Waals surface area contributed by atoms with Crippen LogP contribution in [0.3, 0.4) is 0 Å². The summed E-state index contributed by atoms with van der Waals surface area (Å²) in [5.41, 5.74) is 0.838. The normalized spacial score (nSPS) is 14.6. The van der Waals surface area contributed by atoms with Crippen molar-refractivity contribution in [2.24, 2.45) is 0 Å². The number of anilines is 1. The topological polar surface area (TPSA) is 92.3 Å². The number of nitrogens with one attached hydrogen (secondary N) is 3. The van der Waals surface area contributed by atoms with Gasteiger partial charge in [-0.3, -0.25) is 4.79 Å². The Morgan fingerprint density at radius 3 is 2.86 bits per heavy atom. The van der Waals surface area contributed by atoms with E-state index in [9.17, 15) is 9.59 Å². The van der Waals surface area contributed by atoms with Crippen LogP contribution < -0.4 is 20.7 Å². The molecular formula is C20H28N4O3S. The number of hydrogen-bond acceptors (Lipinski definition) is 5. The molecule has 1 heterocycles. The van der Waals surface area contributed by atoms with E-state index in [4.69, 9.17) is 4.74 Å². The summed E-state index contributed by atoms with van der Waals surface area (Å²) in [4.78, 5) is 28.4. The molecule has 2 aromatic rings. The van der Waals surface area contributed by atoms with Gasteiger partial charge in [-0.2, -0.15) is 0 Å². The molecule has 152 valence electrons. The van der Waals surface area contributed by atoms with Crippen molar-refractivity contribution in [2.45, 2.75) is 57.9 Å². The number of rotatable bonds is 8. The van der Waals surface area contributed by atoms with Gasteiger partial charge >= 0.3 is 6.03 Å². The molecule has 0 unspecified atom stereocenters. The largest absolute Gasteiger partial charge is 0.494 e. The third kappa shape index (κ3) is 6.09. The molecule has 0 bridgehead atoms. The van der Waals surface area contributed by atoms with Crippen molar-refractivity contribution < 1.29 is 14.3 Å². The van der Waals surface area contributed by atoms with Crippen molar-refractivity contribution in [3.05, 3.63) is 18.2 Å². The second-order valence-electron chi connectivity index (χ2n) is 6.97. The molecule has 1 aliphatic rings. The van der Waals surface area contributed by atoms with Gasteiger partial charge in [-0.25, -0.2) is 9.78 Å². The SMILES string of the molecule is CCOc1ccc2nc(NC(=O)CCCNC(=O)NC3CCCCC3)sc2c1. The van der Waals surface area contributed by atoms with Crippen LogP contribution in [0.15, 0.2) is 18.2 Å². The molecule has 3 rings (SSSR count). The van der Waals surface area contributed by atoms with Gasteiger partial charge in [0.05, 0.1) is 16.8 Å². The zero-order chi connectivity index (χ0) is 19.8. The maximum Gasteiger partial charge on any atom is 0.315 e. The Balaban J connectivity index is 1.37. The molecule has 0 atom stereocenters. The fraction of sp³-hybridized carbons (Fsp3) is 0.550. The van der Waals surface area contributed by atoms with Crippen LogP contribution in [0.1, 0.15) is 51.9 Å². The zero-order valence-corrected chi connectivity index (χ0v) is 17.1. The first-order valence-electron chi connectivity index (χ1n) is 10.0. The average molecular weight is 405 g/mol. The van der Waals surface area contributed by atoms with Crippen LogP contribution in [-0.2, 0) is 4.79 Å². The smallest absolute Gasteiger partial charge is 0.315 e. The number of carbonyl (C=O) groups is 2. The number of hydrogen-bond donors (Lipinski definition) is 3. The van der Waals surface area contributed by atoms with Crippen LogP contribution in [0.2, 0.25) is 0 Å². The monoisotopic (exact) mass is 404 g/mol. The average Bonchev–Trinajstić information content (AvgIpc) is 3.08. The highest BCUT2D eigenvalue weighted by Gasteiger charge is 2.15. The van der Waals surface area contributed by atoms with E-state index in [1.807, 2.05) is 25.1 Å². The number of nitrogens with zero attached hydrogens (tertiary/aromatic N) is 1. The number of thiazole rings is 1. The Kier molecular flexibility index (Phi) is 7.47. The Hall–Kier alpha value is -2.35. The number of aromatic nitrogens is 1. The molecule has 28 heavy (non-hydrogen) atoms. The van der Waals surface area contributed by atoms with E-state index in [0.29, 0.717) is 37.2 Å². The Morgan fingerprint density at radius 2 is 2.07 bits per heavy atom. The molecule has 0 aliphatic heterocycles. The van der Waals surface area contributed by atoms with Gasteiger partial charge in [0.15, 0.2) is 5.13 Å². The first kappa shape index (κ1) is 20.4. The van der Waals surface area contributed by atoms with Gasteiger partial charge in [0.25, 0.3) is 0 Å². The van der Waals surface area contributed by atoms with Crippen molar-refractivity contribution in [3.8, 4) is 5.75 Å². The molecule has 7 nitrogen and oxygen atoms in total. The third-order valence-electron chi connectivity index (χ3n) is 4.72. The highest BCUT2D eigenvalue weighted by atomic mass is 32.1. The van der Waals surface area contributed by atoms with Crippen LogP contribution in [0, 0.1) is 0 Å². The minimum absolute atomic E-state index is 0.0985. The molecular weight excluding hydrogens is 376 g/mol. The summed E-state index contributed by atoms with van der Waals surface area (Å²) in [5.74, 6) is 0.702. The van der Waals surface area contributed by atoms with E-state index in [0.717, 1.165) is 28.8 Å². The molecule has 3 N–H and O–H groups in total. The lowest BCUT2D eigenvalue weighted by Crippen LogP contribution is -2.43. The lowest BCUT2D eigenvalue weighted by atomic mass is 9.96. The van der Waals surface area contributed by atoms with Crippen molar-refractivity contribution in [1.29, 1.82) is 0 Å². The van der Waals surface area contributed by atoms with Gasteiger partial charge in [0, 0.05) is 19.0 Å². The molecule has 1 aliphatic carbocycles. The summed E-state index contributed by atoms with van der Waals surface area (Å²) < 4.78 is 6.46. The number of benzene rings is 1. The highest BCUT2D eigenvalue weighted by Crippen LogP contribution is 2.29. The third-order valence-corrected chi connectivity index (χ3v) is 5.66. The molecule has 3 amide bonds. The Bertz CT molecular complexity index is 802. The summed E-state index contributed by atoms with van der Waals surface area (Å²) in [7, 11) is 0. The zero-order valence-electron chi connectivity index (χ0n) is 16.3. The number of ether oxygens (including phenoxy) is 1. The first-order chi connectivity index (χ1) is 13.6. The van der Waals surface area contributed by atoms with E-state index in [1.54, 1.807) is 0 Å². The van der Waals surface area contributed by atoms with Gasteiger partial charge in [-0.05, 0) is 44.4 Å². The summed E-state index contributed by atoms with van der Waals surface area (Å²) in [6, 6.07) is 5.85. The predicted molar refractivity (Wildman–Crippen MR) is 112 cm³/mol. The molecule has 1 fully saturated rings. The minimum Gasteiger partial charge on any atom is -0.494 e. The van der Waals surface area contributed by atoms with Gasteiger partial charge in [0.2, 0.25) is 5.91 Å². The van der Waals surface area contributed by atoms with Crippen LogP contribution in [0.5, 0.6) is 5.75 Å². The standard InChI is InChI=1S/C20H28N4O3S/c1-2-27-15-10-11-16-17(13-15)28-20(23-16)24-18(25)9-6-12-21-19(26)22-14-7-4-3-5-8-14/h10-11,13-14H,2-9,12H2,1H3,(H2,21,22,26)(H,23,24,25). The molecule has 0 saturated heterocycles. The molecule has 1 saturated carbocycles. The minimum atomic E-state index is -0.136. The summed E-state index contributed by atoms with van der Waals surface area (Å²) in [6.07, 6.45) is 6.67. The van der Waals surface area contributed by atoms with Gasteiger partial charge in [-0.1, -0.05) is 30.6 Å². The van der Waals surface area contributed by atoms with Crippen LogP contribution in [0.25, 0.3) is 10.2 Å². The molecule has 1 aromatic carbocycles. The number of amides is 3. The van der Waals surface area contributed by atoms with Gasteiger partial charge < -0.3 is 20.7 Å². The Morgan fingerprint density at radius 1 is 1.25 bits per heavy atom. The van der Waals surface area contributed by atoms with Crippen molar-refractivity contribution in [1.82, 2.24) is 15.6 Å². The first-order valence-corrected chi connectivity index (χ1v) is 10.8. The quantitative estimate of drug-likeness (QED) is 0.579. The van der Waals surface area contributed by atoms with E-state index in [2.05, 4.69) is 20.9 Å². The molecule has 8 heteroatoms. The highest BCUT2D eigenvalue weighted by molar-refractivity contribution is 7.22. The lowest BCUT2D eigenvalue weighted by Gasteiger charge is -2.22. The maximum absolute atomic E-state index is 12.1. The second kappa shape index (κ2) is 10.3. The molecule has 0 radical (unpaired) electrons. The summed E-state index contributed by atoms with van der Waals surface area (Å²) in [6.45, 7) is 3.03. The van der Waals surface area contributed by atoms with Crippen LogP contribution in [0.4, 0.5) is 9.93 Å². The maximum atomic E-state index is 12.1. The second-order valence-corrected chi connectivity index (χ2v) is 8.00. The number of carbonyl (C=O) groups excluding carboxylic acids is 2. The molecule has 1 aromatic heterocycles. The predicted octanol–water partition coefficient (Wildman–Crippen LogP) is 4.05. The fourth-order valence-electron chi connectivity index (χ4n) is 3.33. The van der Waals surface area contributed by atoms with Gasteiger partial charge in [0.1, 0.15) is 5.75 Å². The van der Waals surface area contributed by atoms with Crippen LogP contribution >= 0.6 is 11.3 Å². The summed E-state index contributed by atoms with van der Waals surface area (Å²) >= 11 is 1.43. The van der Waals surface area contributed by atoms with E-state index in [1.165, 1.54) is 30.6 Å². The van der Waals surface area contributed by atoms with Crippen molar-refractivity contribution in [3.63, 3.8) is 0 Å². The van der Waals surface area contributed by atoms with Crippen LogP contribution in [-0.4, -0.2) is 36.1 Å². The van der Waals surface area contributed by atoms with E-state index in [-0.39, 0.29) is 11.9 Å².